The topological polar surface area (TPSA) is 98.6 Å². The number of carbonyl (C=O) groups excluding carboxylic acids is 2. The minimum Gasteiger partial charge on any atom is -0.496 e. The van der Waals surface area contributed by atoms with Crippen molar-refractivity contribution >= 4 is 23.2 Å². The number of methoxy groups -OCH3 is 1. The van der Waals surface area contributed by atoms with Crippen LogP contribution in [-0.4, -0.2) is 53.3 Å². The van der Waals surface area contributed by atoms with Gasteiger partial charge in [-0.15, -0.1) is 11.3 Å². The van der Waals surface area contributed by atoms with Crippen molar-refractivity contribution in [3.05, 3.63) is 45.9 Å². The molecule has 2 atom stereocenters. The number of carbonyl (C=O) groups is 2. The second-order valence-electron chi connectivity index (χ2n) is 6.98. The lowest BCUT2D eigenvalue weighted by Gasteiger charge is -2.39. The molecule has 1 aromatic carbocycles. The summed E-state index contributed by atoms with van der Waals surface area (Å²) in [7, 11) is 1.51. The Morgan fingerprint density at radius 2 is 2.24 bits per heavy atom. The van der Waals surface area contributed by atoms with Crippen LogP contribution in [0, 0.1) is 17.4 Å². The zero-order chi connectivity index (χ0) is 20.4. The molecular formula is C20H21N5O3S. The van der Waals surface area contributed by atoms with Gasteiger partial charge in [-0.25, -0.2) is 9.88 Å². The molecule has 8 nitrogen and oxygen atoms in total. The number of benzene rings is 1. The first kappa shape index (κ1) is 19.4. The summed E-state index contributed by atoms with van der Waals surface area (Å²) in [5, 5.41) is 13.1. The molecule has 1 N–H and O–H groups in total. The fourth-order valence-electron chi connectivity index (χ4n) is 3.90. The van der Waals surface area contributed by atoms with E-state index in [2.05, 4.69) is 16.5 Å². The fourth-order valence-corrected chi connectivity index (χ4v) is 4.84. The molecule has 0 saturated carbocycles. The number of hydrogen-bond acceptors (Lipinski definition) is 7. The number of ether oxygens (including phenoxy) is 1. The van der Waals surface area contributed by atoms with Crippen LogP contribution in [-0.2, 0) is 11.2 Å². The van der Waals surface area contributed by atoms with Crippen molar-refractivity contribution in [1.29, 1.82) is 5.26 Å². The number of fused-ring (bicyclic) bond motifs is 1. The Bertz CT molecular complexity index is 963. The SMILES string of the molecule is COc1ccccc1C(=O)N1CCc2ncsc2[C@@H]1N(C#N)C(=O)C1CCNC1. The highest BCUT2D eigenvalue weighted by molar-refractivity contribution is 7.09. The summed E-state index contributed by atoms with van der Waals surface area (Å²) in [5.74, 6) is -0.344. The van der Waals surface area contributed by atoms with E-state index < -0.39 is 6.17 Å². The van der Waals surface area contributed by atoms with Gasteiger partial charge in [-0.2, -0.15) is 5.26 Å². The fraction of sp³-hybridized carbons (Fsp3) is 0.400. The smallest absolute Gasteiger partial charge is 0.259 e. The van der Waals surface area contributed by atoms with Gasteiger partial charge in [-0.1, -0.05) is 12.1 Å². The summed E-state index contributed by atoms with van der Waals surface area (Å²) in [5.41, 5.74) is 2.94. The molecule has 1 aromatic heterocycles. The van der Waals surface area contributed by atoms with Crippen LogP contribution in [0.5, 0.6) is 5.75 Å². The highest BCUT2D eigenvalue weighted by Crippen LogP contribution is 2.37. The molecule has 9 heteroatoms. The quantitative estimate of drug-likeness (QED) is 0.608. The van der Waals surface area contributed by atoms with Gasteiger partial charge in [-0.05, 0) is 25.1 Å². The molecule has 150 valence electrons. The minimum atomic E-state index is -0.790. The normalized spacial score (nSPS) is 20.6. The molecule has 1 unspecified atom stereocenters. The average molecular weight is 411 g/mol. The van der Waals surface area contributed by atoms with Crippen LogP contribution in [0.25, 0.3) is 0 Å². The highest BCUT2D eigenvalue weighted by atomic mass is 32.1. The number of nitriles is 1. The van der Waals surface area contributed by atoms with Gasteiger partial charge < -0.3 is 15.0 Å². The Balaban J connectivity index is 1.73. The number of amides is 2. The summed E-state index contributed by atoms with van der Waals surface area (Å²) in [6.07, 6.45) is 2.52. The summed E-state index contributed by atoms with van der Waals surface area (Å²) in [4.78, 5) is 34.5. The first-order valence-electron chi connectivity index (χ1n) is 9.45. The molecule has 2 aliphatic heterocycles. The first-order valence-corrected chi connectivity index (χ1v) is 10.3. The number of rotatable bonds is 4. The number of thiazole rings is 1. The van der Waals surface area contributed by atoms with Gasteiger partial charge in [0.2, 0.25) is 5.91 Å². The van der Waals surface area contributed by atoms with Crippen LogP contribution in [0.4, 0.5) is 0 Å². The molecule has 1 saturated heterocycles. The van der Waals surface area contributed by atoms with Crippen molar-refractivity contribution in [2.24, 2.45) is 5.92 Å². The Hall–Kier alpha value is -2.96. The minimum absolute atomic E-state index is 0.262. The Labute approximate surface area is 172 Å². The highest BCUT2D eigenvalue weighted by Gasteiger charge is 2.42. The molecule has 3 heterocycles. The predicted molar refractivity (Wildman–Crippen MR) is 106 cm³/mol. The standard InChI is InChI=1S/C20H21N5O3S/c1-28-16-5-3-2-4-14(16)20(27)24-9-7-15-17(29-12-23-15)18(24)25(11-21)19(26)13-6-8-22-10-13/h2-5,12-13,18,22H,6-10H2,1H3/t13?,18-/m0/s1. The average Bonchev–Trinajstić information content (AvgIpc) is 3.45. The van der Waals surface area contributed by atoms with Crippen LogP contribution in [0.3, 0.4) is 0 Å². The lowest BCUT2D eigenvalue weighted by molar-refractivity contribution is -0.136. The maximum absolute atomic E-state index is 13.5. The number of nitrogens with zero attached hydrogens (tertiary/aromatic N) is 4. The molecule has 0 radical (unpaired) electrons. The first-order chi connectivity index (χ1) is 14.2. The molecule has 0 spiro atoms. The van der Waals surface area contributed by atoms with E-state index in [0.29, 0.717) is 37.2 Å². The Kier molecular flexibility index (Phi) is 5.47. The molecule has 2 aromatic rings. The van der Waals surface area contributed by atoms with E-state index >= 15 is 0 Å². The molecule has 4 rings (SSSR count). The number of para-hydroxylation sites is 1. The third-order valence-electron chi connectivity index (χ3n) is 5.39. The van der Waals surface area contributed by atoms with Gasteiger partial charge in [0, 0.05) is 19.5 Å². The molecule has 29 heavy (non-hydrogen) atoms. The van der Waals surface area contributed by atoms with E-state index in [1.165, 1.54) is 18.4 Å². The molecule has 2 amide bonds. The summed E-state index contributed by atoms with van der Waals surface area (Å²) >= 11 is 1.37. The number of aromatic nitrogens is 1. The number of nitrogens with one attached hydrogen (secondary N) is 1. The van der Waals surface area contributed by atoms with E-state index in [-0.39, 0.29) is 17.7 Å². The second kappa shape index (κ2) is 8.19. The van der Waals surface area contributed by atoms with Crippen molar-refractivity contribution in [1.82, 2.24) is 20.1 Å². The maximum Gasteiger partial charge on any atom is 0.259 e. The summed E-state index contributed by atoms with van der Waals surface area (Å²) < 4.78 is 5.35. The third kappa shape index (κ3) is 3.45. The third-order valence-corrected chi connectivity index (χ3v) is 6.30. The molecule has 0 aliphatic carbocycles. The van der Waals surface area contributed by atoms with Gasteiger partial charge in [-0.3, -0.25) is 9.59 Å². The van der Waals surface area contributed by atoms with Crippen LogP contribution >= 0.6 is 11.3 Å². The zero-order valence-electron chi connectivity index (χ0n) is 16.0. The lowest BCUT2D eigenvalue weighted by atomic mass is 10.0. The van der Waals surface area contributed by atoms with E-state index in [1.807, 2.05) is 0 Å². The summed E-state index contributed by atoms with van der Waals surface area (Å²) in [6, 6.07) is 6.98. The van der Waals surface area contributed by atoms with Crippen LogP contribution in [0.15, 0.2) is 29.8 Å². The molecular weight excluding hydrogens is 390 g/mol. The second-order valence-corrected chi connectivity index (χ2v) is 7.87. The Morgan fingerprint density at radius 3 is 2.97 bits per heavy atom. The molecule has 2 aliphatic rings. The van der Waals surface area contributed by atoms with E-state index in [9.17, 15) is 14.9 Å². The van der Waals surface area contributed by atoms with Crippen LogP contribution in [0.2, 0.25) is 0 Å². The van der Waals surface area contributed by atoms with E-state index in [1.54, 1.807) is 34.7 Å². The monoisotopic (exact) mass is 411 g/mol. The van der Waals surface area contributed by atoms with Crippen molar-refractivity contribution < 1.29 is 14.3 Å². The Morgan fingerprint density at radius 1 is 1.41 bits per heavy atom. The van der Waals surface area contributed by atoms with Crippen LogP contribution in [0.1, 0.15) is 33.5 Å². The van der Waals surface area contributed by atoms with E-state index in [0.717, 1.165) is 22.0 Å². The molecule has 0 bridgehead atoms. The van der Waals surface area contributed by atoms with Crippen molar-refractivity contribution in [2.75, 3.05) is 26.7 Å². The van der Waals surface area contributed by atoms with Gasteiger partial charge in [0.05, 0.1) is 34.7 Å². The van der Waals surface area contributed by atoms with Gasteiger partial charge in [0.1, 0.15) is 5.75 Å². The van der Waals surface area contributed by atoms with Crippen LogP contribution < -0.4 is 10.1 Å². The molecule has 1 fully saturated rings. The van der Waals surface area contributed by atoms with Gasteiger partial charge in [0.15, 0.2) is 12.4 Å². The predicted octanol–water partition coefficient (Wildman–Crippen LogP) is 1.77. The summed E-state index contributed by atoms with van der Waals surface area (Å²) in [6.45, 7) is 1.66. The van der Waals surface area contributed by atoms with Gasteiger partial charge >= 0.3 is 0 Å². The zero-order valence-corrected chi connectivity index (χ0v) is 16.8. The van der Waals surface area contributed by atoms with E-state index in [4.69, 9.17) is 4.74 Å². The number of hydrogen-bond donors (Lipinski definition) is 1. The maximum atomic E-state index is 13.5. The van der Waals surface area contributed by atoms with Crippen molar-refractivity contribution in [3.63, 3.8) is 0 Å². The van der Waals surface area contributed by atoms with Crippen molar-refractivity contribution in [2.45, 2.75) is 19.0 Å². The van der Waals surface area contributed by atoms with Crippen molar-refractivity contribution in [3.8, 4) is 11.9 Å². The largest absolute Gasteiger partial charge is 0.496 e. The lowest BCUT2D eigenvalue weighted by Crippen LogP contribution is -2.49. The van der Waals surface area contributed by atoms with Gasteiger partial charge in [0.25, 0.3) is 5.91 Å².